The maximum atomic E-state index is 12.5. The third kappa shape index (κ3) is 2.71. The summed E-state index contributed by atoms with van der Waals surface area (Å²) in [6.45, 7) is 2.69. The van der Waals surface area contributed by atoms with Crippen LogP contribution in [-0.2, 0) is 13.6 Å². The van der Waals surface area contributed by atoms with E-state index in [1.54, 1.807) is 41.0 Å². The van der Waals surface area contributed by atoms with Crippen molar-refractivity contribution in [3.63, 3.8) is 0 Å². The molecule has 3 aromatic rings. The molecule has 0 fully saturated rings. The molecule has 24 heavy (non-hydrogen) atoms. The predicted molar refractivity (Wildman–Crippen MR) is 88.0 cm³/mol. The van der Waals surface area contributed by atoms with Crippen molar-refractivity contribution < 1.29 is 4.92 Å². The summed E-state index contributed by atoms with van der Waals surface area (Å²) in [6, 6.07) is 5.01. The van der Waals surface area contributed by atoms with E-state index in [1.807, 2.05) is 13.1 Å². The number of aromatic nitrogens is 4. The highest BCUT2D eigenvalue weighted by Crippen LogP contribution is 2.24. The molecule has 0 spiro atoms. The number of aryl methyl sites for hydroxylation is 1. The van der Waals surface area contributed by atoms with E-state index in [4.69, 9.17) is 0 Å². The van der Waals surface area contributed by atoms with Crippen LogP contribution >= 0.6 is 0 Å². The topological polar surface area (TPSA) is 98.6 Å². The Morgan fingerprint density at radius 2 is 2.17 bits per heavy atom. The molecule has 0 saturated carbocycles. The number of hydrogen-bond acceptors (Lipinski definition) is 6. The zero-order valence-electron chi connectivity index (χ0n) is 13.3. The normalized spacial score (nSPS) is 10.9. The number of nitrogens with zero attached hydrogens (tertiary/aromatic N) is 6. The third-order valence-corrected chi connectivity index (χ3v) is 3.69. The summed E-state index contributed by atoms with van der Waals surface area (Å²) < 4.78 is 2.83. The van der Waals surface area contributed by atoms with E-state index in [0.717, 1.165) is 5.56 Å². The minimum Gasteiger partial charge on any atom is -0.346 e. The van der Waals surface area contributed by atoms with Crippen molar-refractivity contribution in [3.05, 3.63) is 62.8 Å². The standard InChI is InChI=1S/C15H16N6O3/c1-3-19(10-11-8-16-18(2)9-11)14-13(21(23)24)15(22)20-7-5-4-6-12(20)17-14/h4-9H,3,10H2,1-2H3. The lowest BCUT2D eigenvalue weighted by Gasteiger charge is -2.21. The maximum absolute atomic E-state index is 12.5. The molecule has 0 unspecified atom stereocenters. The zero-order valence-corrected chi connectivity index (χ0v) is 13.3. The van der Waals surface area contributed by atoms with Gasteiger partial charge in [-0.25, -0.2) is 4.98 Å². The van der Waals surface area contributed by atoms with E-state index in [0.29, 0.717) is 18.7 Å². The number of nitro groups is 1. The molecular weight excluding hydrogens is 312 g/mol. The van der Waals surface area contributed by atoms with Crippen molar-refractivity contribution >= 4 is 17.2 Å². The Bertz CT molecular complexity index is 961. The van der Waals surface area contributed by atoms with Crippen molar-refractivity contribution in [1.82, 2.24) is 19.2 Å². The molecule has 3 heterocycles. The Kier molecular flexibility index (Phi) is 3.98. The van der Waals surface area contributed by atoms with E-state index in [2.05, 4.69) is 10.1 Å². The number of fused-ring (bicyclic) bond motifs is 1. The summed E-state index contributed by atoms with van der Waals surface area (Å²) in [5.74, 6) is 0.0718. The molecule has 0 N–H and O–H groups in total. The molecule has 0 atom stereocenters. The van der Waals surface area contributed by atoms with Crippen molar-refractivity contribution in [2.45, 2.75) is 13.5 Å². The van der Waals surface area contributed by atoms with E-state index in [-0.39, 0.29) is 5.82 Å². The number of rotatable bonds is 5. The van der Waals surface area contributed by atoms with Crippen LogP contribution in [0.15, 0.2) is 41.6 Å². The summed E-state index contributed by atoms with van der Waals surface area (Å²) >= 11 is 0. The Labute approximate surface area is 136 Å². The van der Waals surface area contributed by atoms with Gasteiger partial charge in [-0.3, -0.25) is 24.0 Å². The first-order valence-corrected chi connectivity index (χ1v) is 7.39. The Hall–Kier alpha value is -3.23. The molecule has 0 aliphatic heterocycles. The number of anilines is 1. The summed E-state index contributed by atoms with van der Waals surface area (Å²) in [5, 5.41) is 15.6. The fourth-order valence-electron chi connectivity index (χ4n) is 2.56. The lowest BCUT2D eigenvalue weighted by Crippen LogP contribution is -2.28. The van der Waals surface area contributed by atoms with Crippen LogP contribution in [0, 0.1) is 10.1 Å². The van der Waals surface area contributed by atoms with Crippen LogP contribution in [0.5, 0.6) is 0 Å². The number of pyridine rings is 1. The fraction of sp³-hybridized carbons (Fsp3) is 0.267. The first kappa shape index (κ1) is 15.7. The van der Waals surface area contributed by atoms with Gasteiger partial charge in [-0.2, -0.15) is 5.10 Å². The SMILES string of the molecule is CCN(Cc1cnn(C)c1)c1nc2ccccn2c(=O)c1[N+](=O)[O-]. The fourth-order valence-corrected chi connectivity index (χ4v) is 2.56. The quantitative estimate of drug-likeness (QED) is 0.518. The minimum atomic E-state index is -0.690. The lowest BCUT2D eigenvalue weighted by atomic mass is 10.3. The first-order valence-electron chi connectivity index (χ1n) is 7.39. The lowest BCUT2D eigenvalue weighted by molar-refractivity contribution is -0.385. The average Bonchev–Trinajstić information content (AvgIpc) is 2.97. The van der Waals surface area contributed by atoms with Gasteiger partial charge in [-0.05, 0) is 19.1 Å². The van der Waals surface area contributed by atoms with Crippen LogP contribution in [0.1, 0.15) is 12.5 Å². The molecule has 0 radical (unpaired) electrons. The largest absolute Gasteiger partial charge is 0.376 e. The Balaban J connectivity index is 2.16. The number of hydrogen-bond donors (Lipinski definition) is 0. The van der Waals surface area contributed by atoms with Crippen LogP contribution in [0.25, 0.3) is 5.65 Å². The van der Waals surface area contributed by atoms with Crippen LogP contribution in [-0.4, -0.2) is 30.6 Å². The molecule has 0 aromatic carbocycles. The van der Waals surface area contributed by atoms with Gasteiger partial charge in [0.15, 0.2) is 0 Å². The molecule has 3 aromatic heterocycles. The Morgan fingerprint density at radius 3 is 2.79 bits per heavy atom. The highest BCUT2D eigenvalue weighted by atomic mass is 16.6. The van der Waals surface area contributed by atoms with Crippen molar-refractivity contribution in [1.29, 1.82) is 0 Å². The van der Waals surface area contributed by atoms with Gasteiger partial charge in [0.1, 0.15) is 5.65 Å². The summed E-state index contributed by atoms with van der Waals surface area (Å²) in [5.41, 5.74) is 0.0334. The molecule has 9 heteroatoms. The van der Waals surface area contributed by atoms with Gasteiger partial charge >= 0.3 is 11.2 Å². The van der Waals surface area contributed by atoms with Gasteiger partial charge in [-0.15, -0.1) is 0 Å². The van der Waals surface area contributed by atoms with Crippen LogP contribution in [0.3, 0.4) is 0 Å². The molecule has 0 bridgehead atoms. The first-order chi connectivity index (χ1) is 11.5. The van der Waals surface area contributed by atoms with Gasteiger partial charge in [0, 0.05) is 38.1 Å². The summed E-state index contributed by atoms with van der Waals surface area (Å²) in [6.07, 6.45) is 4.98. The Morgan fingerprint density at radius 1 is 1.38 bits per heavy atom. The third-order valence-electron chi connectivity index (χ3n) is 3.69. The molecule has 3 rings (SSSR count). The molecule has 0 aliphatic carbocycles. The van der Waals surface area contributed by atoms with Gasteiger partial charge < -0.3 is 4.90 Å². The van der Waals surface area contributed by atoms with Crippen LogP contribution < -0.4 is 10.5 Å². The average molecular weight is 328 g/mol. The van der Waals surface area contributed by atoms with E-state index in [1.165, 1.54) is 10.6 Å². The van der Waals surface area contributed by atoms with Gasteiger partial charge in [0.05, 0.1) is 11.1 Å². The van der Waals surface area contributed by atoms with E-state index >= 15 is 0 Å². The monoisotopic (exact) mass is 328 g/mol. The zero-order chi connectivity index (χ0) is 17.3. The molecule has 0 saturated heterocycles. The smallest absolute Gasteiger partial charge is 0.346 e. The predicted octanol–water partition coefficient (Wildman–Crippen LogP) is 1.36. The molecule has 0 aliphatic rings. The summed E-state index contributed by atoms with van der Waals surface area (Å²) in [7, 11) is 1.79. The van der Waals surface area contributed by atoms with Crippen molar-refractivity contribution in [3.8, 4) is 0 Å². The van der Waals surface area contributed by atoms with Crippen LogP contribution in [0.4, 0.5) is 11.5 Å². The second kappa shape index (κ2) is 6.11. The van der Waals surface area contributed by atoms with Gasteiger partial charge in [-0.1, -0.05) is 6.07 Å². The molecule has 124 valence electrons. The second-order valence-electron chi connectivity index (χ2n) is 5.31. The van der Waals surface area contributed by atoms with E-state index < -0.39 is 16.2 Å². The second-order valence-corrected chi connectivity index (χ2v) is 5.31. The summed E-state index contributed by atoms with van der Waals surface area (Å²) in [4.78, 5) is 29.4. The van der Waals surface area contributed by atoms with Crippen molar-refractivity contribution in [2.24, 2.45) is 7.05 Å². The van der Waals surface area contributed by atoms with Crippen LogP contribution in [0.2, 0.25) is 0 Å². The minimum absolute atomic E-state index is 0.0718. The molecule has 9 nitrogen and oxygen atoms in total. The highest BCUT2D eigenvalue weighted by Gasteiger charge is 2.27. The molecule has 0 amide bonds. The van der Waals surface area contributed by atoms with E-state index in [9.17, 15) is 14.9 Å². The van der Waals surface area contributed by atoms with Crippen molar-refractivity contribution in [2.75, 3.05) is 11.4 Å². The van der Waals surface area contributed by atoms with Gasteiger partial charge in [0.2, 0.25) is 5.82 Å². The highest BCUT2D eigenvalue weighted by molar-refractivity contribution is 5.61. The van der Waals surface area contributed by atoms with Gasteiger partial charge in [0.25, 0.3) is 0 Å². The molecular formula is C15H16N6O3. The maximum Gasteiger partial charge on any atom is 0.376 e.